The minimum absolute atomic E-state index is 0.0440. The number of carbonyl (C=O) groups excluding carboxylic acids is 1. The number of ether oxygens (including phenoxy) is 2. The zero-order chi connectivity index (χ0) is 14.6. The predicted octanol–water partition coefficient (Wildman–Crippen LogP) is 1.17. The van der Waals surface area contributed by atoms with Gasteiger partial charge in [0, 0.05) is 25.7 Å². The van der Waals surface area contributed by atoms with E-state index in [0.717, 1.165) is 25.9 Å². The van der Waals surface area contributed by atoms with Crippen molar-refractivity contribution in [2.24, 2.45) is 0 Å². The minimum atomic E-state index is -0.127. The molecule has 5 heteroatoms. The summed E-state index contributed by atoms with van der Waals surface area (Å²) in [6.07, 6.45) is 2.97. The molecule has 3 atom stereocenters. The molecule has 2 saturated heterocycles. The zero-order valence-electron chi connectivity index (χ0n) is 13.0. The highest BCUT2D eigenvalue weighted by atomic mass is 16.5. The summed E-state index contributed by atoms with van der Waals surface area (Å²) in [5.41, 5.74) is -0.0440. The van der Waals surface area contributed by atoms with Crippen LogP contribution in [0.25, 0.3) is 0 Å². The smallest absolute Gasteiger partial charge is 0.239 e. The van der Waals surface area contributed by atoms with Gasteiger partial charge in [0.2, 0.25) is 5.91 Å². The van der Waals surface area contributed by atoms with Crippen molar-refractivity contribution in [1.82, 2.24) is 10.2 Å². The second-order valence-corrected chi connectivity index (χ2v) is 6.17. The molecule has 116 valence electrons. The number of rotatable bonds is 4. The van der Waals surface area contributed by atoms with Gasteiger partial charge in [-0.2, -0.15) is 0 Å². The lowest BCUT2D eigenvalue weighted by Crippen LogP contribution is -2.54. The van der Waals surface area contributed by atoms with E-state index in [1.165, 1.54) is 0 Å². The van der Waals surface area contributed by atoms with Crippen LogP contribution in [0.15, 0.2) is 0 Å². The third-order valence-electron chi connectivity index (χ3n) is 4.52. The number of nitrogens with one attached hydrogen (secondary N) is 1. The van der Waals surface area contributed by atoms with Crippen molar-refractivity contribution in [3.05, 3.63) is 0 Å². The molecular weight excluding hydrogens is 256 g/mol. The maximum absolute atomic E-state index is 12.4. The molecule has 2 aliphatic heterocycles. The number of hydrogen-bond donors (Lipinski definition) is 1. The average molecular weight is 284 g/mol. The van der Waals surface area contributed by atoms with Gasteiger partial charge in [0.15, 0.2) is 0 Å². The van der Waals surface area contributed by atoms with Crippen LogP contribution in [0.5, 0.6) is 0 Å². The van der Waals surface area contributed by atoms with Crippen molar-refractivity contribution in [1.29, 1.82) is 0 Å². The number of morpholine rings is 1. The minimum Gasteiger partial charge on any atom is -0.378 e. The van der Waals surface area contributed by atoms with E-state index in [2.05, 4.69) is 19.2 Å². The third-order valence-corrected chi connectivity index (χ3v) is 4.52. The molecule has 0 aromatic rings. The van der Waals surface area contributed by atoms with Gasteiger partial charge in [-0.1, -0.05) is 6.92 Å². The van der Waals surface area contributed by atoms with Gasteiger partial charge in [-0.25, -0.2) is 0 Å². The molecule has 0 radical (unpaired) electrons. The van der Waals surface area contributed by atoms with Crippen molar-refractivity contribution < 1.29 is 14.3 Å². The van der Waals surface area contributed by atoms with Crippen LogP contribution in [-0.2, 0) is 14.3 Å². The molecule has 1 N–H and O–H groups in total. The molecule has 2 heterocycles. The van der Waals surface area contributed by atoms with E-state index >= 15 is 0 Å². The van der Waals surface area contributed by atoms with Crippen molar-refractivity contribution in [2.45, 2.75) is 57.7 Å². The fraction of sp³-hybridized carbons (Fsp3) is 0.933. The molecule has 20 heavy (non-hydrogen) atoms. The Labute approximate surface area is 122 Å². The standard InChI is InChI=1S/C15H28N2O3/c1-4-15(3)11-13(5-8-20-15)16-12(2)14(18)17-6-9-19-10-7-17/h12-13,16H,4-11H2,1-3H3. The Balaban J connectivity index is 1.83. The van der Waals surface area contributed by atoms with E-state index in [1.807, 2.05) is 11.8 Å². The van der Waals surface area contributed by atoms with Crippen molar-refractivity contribution in [3.8, 4) is 0 Å². The first-order valence-corrected chi connectivity index (χ1v) is 7.80. The molecule has 0 aliphatic carbocycles. The Morgan fingerprint density at radius 1 is 1.40 bits per heavy atom. The molecule has 1 amide bonds. The molecule has 0 aromatic heterocycles. The molecule has 2 fully saturated rings. The lowest BCUT2D eigenvalue weighted by atomic mass is 9.89. The average Bonchev–Trinajstić information content (AvgIpc) is 2.47. The van der Waals surface area contributed by atoms with Gasteiger partial charge < -0.3 is 19.7 Å². The maximum atomic E-state index is 12.4. The lowest BCUT2D eigenvalue weighted by molar-refractivity contribution is -0.138. The number of amides is 1. The molecule has 0 saturated carbocycles. The summed E-state index contributed by atoms with van der Waals surface area (Å²) >= 11 is 0. The zero-order valence-corrected chi connectivity index (χ0v) is 13.0. The van der Waals surface area contributed by atoms with Gasteiger partial charge in [0.25, 0.3) is 0 Å². The summed E-state index contributed by atoms with van der Waals surface area (Å²) < 4.78 is 11.1. The van der Waals surface area contributed by atoms with Gasteiger partial charge >= 0.3 is 0 Å². The van der Waals surface area contributed by atoms with Crippen molar-refractivity contribution in [2.75, 3.05) is 32.9 Å². The normalized spacial score (nSPS) is 33.0. The van der Waals surface area contributed by atoms with E-state index in [0.29, 0.717) is 32.3 Å². The largest absolute Gasteiger partial charge is 0.378 e. The first kappa shape index (κ1) is 15.7. The maximum Gasteiger partial charge on any atom is 0.239 e. The van der Waals surface area contributed by atoms with Crippen LogP contribution in [0.2, 0.25) is 0 Å². The van der Waals surface area contributed by atoms with E-state index in [1.54, 1.807) is 0 Å². The van der Waals surface area contributed by atoms with Crippen LogP contribution in [-0.4, -0.2) is 61.4 Å². The quantitative estimate of drug-likeness (QED) is 0.842. The van der Waals surface area contributed by atoms with E-state index in [9.17, 15) is 4.79 Å². The third kappa shape index (κ3) is 3.93. The van der Waals surface area contributed by atoms with Crippen molar-refractivity contribution >= 4 is 5.91 Å². The lowest BCUT2D eigenvalue weighted by Gasteiger charge is -2.39. The number of nitrogens with zero attached hydrogens (tertiary/aromatic N) is 1. The fourth-order valence-electron chi connectivity index (χ4n) is 3.00. The van der Waals surface area contributed by atoms with Crippen LogP contribution in [0.1, 0.15) is 40.0 Å². The molecule has 2 rings (SSSR count). The molecule has 2 aliphatic rings. The SMILES string of the molecule is CCC1(C)CC(NC(C)C(=O)N2CCOCC2)CCO1. The molecule has 0 aromatic carbocycles. The molecule has 0 spiro atoms. The predicted molar refractivity (Wildman–Crippen MR) is 77.7 cm³/mol. The fourth-order valence-corrected chi connectivity index (χ4v) is 3.00. The Bertz CT molecular complexity index is 331. The first-order chi connectivity index (χ1) is 9.54. The molecule has 0 bridgehead atoms. The van der Waals surface area contributed by atoms with Crippen LogP contribution in [0, 0.1) is 0 Å². The van der Waals surface area contributed by atoms with Crippen LogP contribution in [0.4, 0.5) is 0 Å². The summed E-state index contributed by atoms with van der Waals surface area (Å²) in [5.74, 6) is 0.193. The number of hydrogen-bond acceptors (Lipinski definition) is 4. The van der Waals surface area contributed by atoms with E-state index in [-0.39, 0.29) is 17.6 Å². The van der Waals surface area contributed by atoms with Crippen LogP contribution < -0.4 is 5.32 Å². The second kappa shape index (κ2) is 6.87. The van der Waals surface area contributed by atoms with E-state index < -0.39 is 0 Å². The summed E-state index contributed by atoms with van der Waals surface area (Å²) in [6.45, 7) is 9.81. The topological polar surface area (TPSA) is 50.8 Å². The highest BCUT2D eigenvalue weighted by Gasteiger charge is 2.33. The summed E-state index contributed by atoms with van der Waals surface area (Å²) in [7, 11) is 0. The Hall–Kier alpha value is -0.650. The second-order valence-electron chi connectivity index (χ2n) is 6.17. The van der Waals surface area contributed by atoms with Gasteiger partial charge in [-0.05, 0) is 33.1 Å². The molecule has 5 nitrogen and oxygen atoms in total. The van der Waals surface area contributed by atoms with Gasteiger partial charge in [0.1, 0.15) is 0 Å². The molecule has 3 unspecified atom stereocenters. The Kier molecular flexibility index (Phi) is 5.41. The highest BCUT2D eigenvalue weighted by Crippen LogP contribution is 2.27. The van der Waals surface area contributed by atoms with Crippen LogP contribution >= 0.6 is 0 Å². The van der Waals surface area contributed by atoms with Gasteiger partial charge in [0.05, 0.1) is 24.9 Å². The highest BCUT2D eigenvalue weighted by molar-refractivity contribution is 5.81. The van der Waals surface area contributed by atoms with Crippen molar-refractivity contribution in [3.63, 3.8) is 0 Å². The summed E-state index contributed by atoms with van der Waals surface area (Å²) in [5, 5.41) is 3.49. The van der Waals surface area contributed by atoms with E-state index in [4.69, 9.17) is 9.47 Å². The monoisotopic (exact) mass is 284 g/mol. The van der Waals surface area contributed by atoms with Gasteiger partial charge in [-0.3, -0.25) is 4.79 Å². The summed E-state index contributed by atoms with van der Waals surface area (Å²) in [6, 6.07) is 0.242. The van der Waals surface area contributed by atoms with Crippen LogP contribution in [0.3, 0.4) is 0 Å². The Morgan fingerprint density at radius 2 is 2.10 bits per heavy atom. The summed E-state index contributed by atoms with van der Waals surface area (Å²) in [4.78, 5) is 14.3. The van der Waals surface area contributed by atoms with Gasteiger partial charge in [-0.15, -0.1) is 0 Å². The molecular formula is C15H28N2O3. The number of carbonyl (C=O) groups is 1. The first-order valence-electron chi connectivity index (χ1n) is 7.80. The Morgan fingerprint density at radius 3 is 2.75 bits per heavy atom.